The Balaban J connectivity index is 1.69. The van der Waals surface area contributed by atoms with Crippen molar-refractivity contribution < 1.29 is 18.3 Å². The number of hydrogen-bond donors (Lipinski definition) is 1. The van der Waals surface area contributed by atoms with Crippen molar-refractivity contribution in [2.45, 2.75) is 43.8 Å². The highest BCUT2D eigenvalue weighted by Gasteiger charge is 2.31. The zero-order valence-electron chi connectivity index (χ0n) is 12.1. The summed E-state index contributed by atoms with van der Waals surface area (Å²) < 4.78 is 40.4. The van der Waals surface area contributed by atoms with Crippen LogP contribution in [-0.2, 0) is 6.18 Å². The molecule has 0 radical (unpaired) electrons. The van der Waals surface area contributed by atoms with Gasteiger partial charge >= 0.3 is 6.18 Å². The molecule has 0 saturated heterocycles. The van der Waals surface area contributed by atoms with Crippen molar-refractivity contribution in [3.63, 3.8) is 0 Å². The third-order valence-electron chi connectivity index (χ3n) is 4.50. The largest absolute Gasteiger partial charge is 0.506 e. The lowest BCUT2D eigenvalue weighted by molar-refractivity contribution is -0.137. The van der Waals surface area contributed by atoms with Gasteiger partial charge in [-0.2, -0.15) is 13.2 Å². The fourth-order valence-corrected chi connectivity index (χ4v) is 3.30. The van der Waals surface area contributed by atoms with E-state index in [0.29, 0.717) is 6.04 Å². The van der Waals surface area contributed by atoms with E-state index in [0.717, 1.165) is 37.3 Å². The van der Waals surface area contributed by atoms with Crippen molar-refractivity contribution in [3.05, 3.63) is 53.9 Å². The van der Waals surface area contributed by atoms with E-state index in [1.165, 1.54) is 12.1 Å². The van der Waals surface area contributed by atoms with Gasteiger partial charge < -0.3 is 9.67 Å². The van der Waals surface area contributed by atoms with Crippen LogP contribution in [0, 0.1) is 0 Å². The Labute approximate surface area is 127 Å². The molecule has 118 valence electrons. The monoisotopic (exact) mass is 309 g/mol. The topological polar surface area (TPSA) is 25.2 Å². The predicted octanol–water partition coefficient (Wildman–Crippen LogP) is 5.11. The number of hydrogen-bond acceptors (Lipinski definition) is 1. The number of aromatic nitrogens is 1. The molecule has 1 heterocycles. The number of aromatic hydroxyl groups is 1. The third-order valence-corrected chi connectivity index (χ3v) is 4.50. The highest BCUT2D eigenvalue weighted by molar-refractivity contribution is 5.28. The molecule has 0 spiro atoms. The van der Waals surface area contributed by atoms with Crippen LogP contribution in [-0.4, -0.2) is 9.67 Å². The molecule has 1 fully saturated rings. The highest BCUT2D eigenvalue weighted by atomic mass is 19.4. The molecule has 1 saturated carbocycles. The van der Waals surface area contributed by atoms with Crippen molar-refractivity contribution in [1.82, 2.24) is 4.57 Å². The molecule has 0 atom stereocenters. The van der Waals surface area contributed by atoms with Crippen LogP contribution >= 0.6 is 0 Å². The van der Waals surface area contributed by atoms with Crippen LogP contribution in [0.4, 0.5) is 13.2 Å². The number of rotatable bonds is 2. The van der Waals surface area contributed by atoms with Gasteiger partial charge in [0, 0.05) is 18.4 Å². The molecule has 5 heteroatoms. The average molecular weight is 309 g/mol. The molecule has 0 unspecified atom stereocenters. The second-order valence-electron chi connectivity index (χ2n) is 5.95. The van der Waals surface area contributed by atoms with E-state index >= 15 is 0 Å². The first-order valence-electron chi connectivity index (χ1n) is 7.47. The van der Waals surface area contributed by atoms with Gasteiger partial charge in [-0.1, -0.05) is 18.2 Å². The molecule has 0 amide bonds. The fourth-order valence-electron chi connectivity index (χ4n) is 3.30. The lowest BCUT2D eigenvalue weighted by Crippen LogP contribution is -2.16. The minimum Gasteiger partial charge on any atom is -0.506 e. The van der Waals surface area contributed by atoms with E-state index in [1.54, 1.807) is 18.3 Å². The van der Waals surface area contributed by atoms with Gasteiger partial charge in [0.25, 0.3) is 0 Å². The predicted molar refractivity (Wildman–Crippen MR) is 77.8 cm³/mol. The van der Waals surface area contributed by atoms with Crippen LogP contribution in [0.3, 0.4) is 0 Å². The third kappa shape index (κ3) is 3.13. The number of alkyl halides is 3. The van der Waals surface area contributed by atoms with Crippen LogP contribution in [0.15, 0.2) is 42.7 Å². The van der Waals surface area contributed by atoms with Gasteiger partial charge in [0.1, 0.15) is 5.75 Å². The van der Waals surface area contributed by atoms with Crippen LogP contribution in [0.25, 0.3) is 0 Å². The van der Waals surface area contributed by atoms with Crippen molar-refractivity contribution in [2.75, 3.05) is 0 Å². The number of benzene rings is 1. The Morgan fingerprint density at radius 2 is 1.77 bits per heavy atom. The summed E-state index contributed by atoms with van der Waals surface area (Å²) in [6.45, 7) is 0. The molecular weight excluding hydrogens is 291 g/mol. The summed E-state index contributed by atoms with van der Waals surface area (Å²) in [7, 11) is 0. The maximum Gasteiger partial charge on any atom is 0.416 e. The summed E-state index contributed by atoms with van der Waals surface area (Å²) in [5, 5.41) is 9.39. The molecule has 1 aliphatic rings. The fraction of sp³-hybridized carbons (Fsp3) is 0.412. The molecule has 0 aliphatic heterocycles. The molecule has 1 aromatic carbocycles. The summed E-state index contributed by atoms with van der Waals surface area (Å²) in [4.78, 5) is 0. The van der Waals surface area contributed by atoms with Crippen molar-refractivity contribution in [1.29, 1.82) is 0 Å². The molecule has 2 nitrogen and oxygen atoms in total. The second-order valence-corrected chi connectivity index (χ2v) is 5.95. The standard InChI is InChI=1S/C17H18F3NO/c18-17(19,20)14-3-1-2-13(10-14)12-4-6-15(7-5-12)21-9-8-16(22)11-21/h1-3,8-12,15,22H,4-7H2. The van der Waals surface area contributed by atoms with Gasteiger partial charge in [-0.15, -0.1) is 0 Å². The van der Waals surface area contributed by atoms with Crippen molar-refractivity contribution >= 4 is 0 Å². The lowest BCUT2D eigenvalue weighted by atomic mass is 9.81. The Hall–Kier alpha value is -1.91. The minimum atomic E-state index is -4.28. The van der Waals surface area contributed by atoms with Crippen LogP contribution < -0.4 is 0 Å². The molecule has 3 rings (SSSR count). The molecule has 1 aliphatic carbocycles. The molecule has 0 bridgehead atoms. The average Bonchev–Trinajstić information content (AvgIpc) is 2.93. The van der Waals surface area contributed by atoms with Crippen LogP contribution in [0.2, 0.25) is 0 Å². The van der Waals surface area contributed by atoms with Crippen molar-refractivity contribution in [2.24, 2.45) is 0 Å². The SMILES string of the molecule is Oc1ccn(C2CCC(c3cccc(C(F)(F)F)c3)CC2)c1. The molecule has 22 heavy (non-hydrogen) atoms. The quantitative estimate of drug-likeness (QED) is 0.819. The van der Waals surface area contributed by atoms with E-state index < -0.39 is 11.7 Å². The first kappa shape index (κ1) is 15.0. The van der Waals surface area contributed by atoms with Crippen LogP contribution in [0.1, 0.15) is 48.8 Å². The molecule has 1 aromatic heterocycles. The zero-order valence-corrected chi connectivity index (χ0v) is 12.1. The summed E-state index contributed by atoms with van der Waals surface area (Å²) in [5.41, 5.74) is 0.214. The minimum absolute atomic E-state index is 0.183. The van der Waals surface area contributed by atoms with E-state index in [1.807, 2.05) is 10.8 Å². The van der Waals surface area contributed by atoms with E-state index in [2.05, 4.69) is 0 Å². The Morgan fingerprint density at radius 1 is 1.05 bits per heavy atom. The highest BCUT2D eigenvalue weighted by Crippen LogP contribution is 2.40. The molecular formula is C17H18F3NO. The van der Waals surface area contributed by atoms with Gasteiger partial charge in [0.05, 0.1) is 5.56 Å². The Kier molecular flexibility index (Phi) is 3.89. The summed E-state index contributed by atoms with van der Waals surface area (Å²) in [6, 6.07) is 7.67. The summed E-state index contributed by atoms with van der Waals surface area (Å²) >= 11 is 0. The van der Waals surface area contributed by atoms with Crippen LogP contribution in [0.5, 0.6) is 5.75 Å². The van der Waals surface area contributed by atoms with Gasteiger partial charge in [-0.05, 0) is 49.3 Å². The maximum absolute atomic E-state index is 12.8. The van der Waals surface area contributed by atoms with E-state index in [4.69, 9.17) is 0 Å². The second kappa shape index (κ2) is 5.71. The molecule has 2 aromatic rings. The lowest BCUT2D eigenvalue weighted by Gasteiger charge is -2.30. The first-order valence-corrected chi connectivity index (χ1v) is 7.47. The van der Waals surface area contributed by atoms with E-state index in [-0.39, 0.29) is 11.7 Å². The van der Waals surface area contributed by atoms with Gasteiger partial charge in [-0.3, -0.25) is 0 Å². The molecule has 1 N–H and O–H groups in total. The normalized spacial score (nSPS) is 22.7. The van der Waals surface area contributed by atoms with Crippen molar-refractivity contribution in [3.8, 4) is 5.75 Å². The Morgan fingerprint density at radius 3 is 2.36 bits per heavy atom. The van der Waals surface area contributed by atoms with E-state index in [9.17, 15) is 18.3 Å². The smallest absolute Gasteiger partial charge is 0.416 e. The first-order chi connectivity index (χ1) is 10.4. The van der Waals surface area contributed by atoms with Gasteiger partial charge in [0.15, 0.2) is 0 Å². The summed E-state index contributed by atoms with van der Waals surface area (Å²) in [6.07, 6.45) is 2.83. The maximum atomic E-state index is 12.8. The number of halogens is 3. The van der Waals surface area contributed by atoms with Gasteiger partial charge in [-0.25, -0.2) is 0 Å². The van der Waals surface area contributed by atoms with Gasteiger partial charge in [0.2, 0.25) is 0 Å². The summed E-state index contributed by atoms with van der Waals surface area (Å²) in [5.74, 6) is 0.433. The Bertz CT molecular complexity index is 639. The zero-order chi connectivity index (χ0) is 15.7. The number of nitrogens with zero attached hydrogens (tertiary/aromatic N) is 1.